The maximum absolute atomic E-state index is 12.1. The van der Waals surface area contributed by atoms with Crippen molar-refractivity contribution in [3.8, 4) is 5.75 Å². The third-order valence-corrected chi connectivity index (χ3v) is 5.44. The Labute approximate surface area is 167 Å². The molecule has 140 valence electrons. The lowest BCUT2D eigenvalue weighted by atomic mass is 9.95. The fourth-order valence-electron chi connectivity index (χ4n) is 3.55. The zero-order chi connectivity index (χ0) is 18.8. The van der Waals surface area contributed by atoms with Gasteiger partial charge in [0.25, 0.3) is 5.91 Å². The van der Waals surface area contributed by atoms with Crippen LogP contribution in [0.25, 0.3) is 10.9 Å². The number of H-pyrrole nitrogens is 1. The van der Waals surface area contributed by atoms with E-state index < -0.39 is 0 Å². The summed E-state index contributed by atoms with van der Waals surface area (Å²) in [6.45, 7) is 0.371. The number of amides is 1. The topological polar surface area (TPSA) is 54.1 Å². The lowest BCUT2D eigenvalue weighted by molar-refractivity contribution is -0.123. The van der Waals surface area contributed by atoms with Gasteiger partial charge in [-0.1, -0.05) is 29.3 Å². The number of rotatable bonds is 5. The molecule has 0 fully saturated rings. The number of hydrogen-bond acceptors (Lipinski definition) is 2. The van der Waals surface area contributed by atoms with E-state index in [0.29, 0.717) is 22.3 Å². The van der Waals surface area contributed by atoms with Crippen molar-refractivity contribution in [3.05, 3.63) is 63.3 Å². The second-order valence-corrected chi connectivity index (χ2v) is 7.65. The Hall–Kier alpha value is -2.17. The molecule has 4 rings (SSSR count). The summed E-state index contributed by atoms with van der Waals surface area (Å²) in [5.74, 6) is 0.244. The van der Waals surface area contributed by atoms with Crippen molar-refractivity contribution >= 4 is 40.0 Å². The lowest BCUT2D eigenvalue weighted by Crippen LogP contribution is -2.28. The van der Waals surface area contributed by atoms with E-state index in [9.17, 15) is 4.79 Å². The number of nitrogens with one attached hydrogen (secondary N) is 2. The normalized spacial score (nSPS) is 13.4. The second kappa shape index (κ2) is 7.83. The van der Waals surface area contributed by atoms with Gasteiger partial charge >= 0.3 is 0 Å². The summed E-state index contributed by atoms with van der Waals surface area (Å²) in [5.41, 5.74) is 5.06. The number of halogens is 2. The van der Waals surface area contributed by atoms with Gasteiger partial charge in [-0.2, -0.15) is 0 Å². The summed E-state index contributed by atoms with van der Waals surface area (Å²) in [7, 11) is 0. The van der Waals surface area contributed by atoms with Crippen molar-refractivity contribution in [1.82, 2.24) is 10.3 Å². The monoisotopic (exact) mass is 402 g/mol. The first-order valence-corrected chi connectivity index (χ1v) is 9.82. The number of fused-ring (bicyclic) bond motifs is 3. The van der Waals surface area contributed by atoms with Gasteiger partial charge in [0.15, 0.2) is 6.61 Å². The average Bonchev–Trinajstić information content (AvgIpc) is 3.03. The highest BCUT2D eigenvalue weighted by atomic mass is 35.5. The number of hydrogen-bond donors (Lipinski definition) is 2. The number of carbonyl (C=O) groups excluding carboxylic acids is 1. The molecule has 6 heteroatoms. The number of ether oxygens (including phenoxy) is 1. The third-order valence-electron chi connectivity index (χ3n) is 4.90. The van der Waals surface area contributed by atoms with Gasteiger partial charge in [0, 0.05) is 28.2 Å². The van der Waals surface area contributed by atoms with Crippen LogP contribution in [-0.2, 0) is 24.2 Å². The van der Waals surface area contributed by atoms with Crippen molar-refractivity contribution < 1.29 is 9.53 Å². The first-order valence-electron chi connectivity index (χ1n) is 9.07. The van der Waals surface area contributed by atoms with Crippen LogP contribution in [0.15, 0.2) is 36.4 Å². The summed E-state index contributed by atoms with van der Waals surface area (Å²) in [6, 6.07) is 11.2. The molecular formula is C21H20Cl2N2O2. The van der Waals surface area contributed by atoms with Crippen LogP contribution in [-0.4, -0.2) is 17.5 Å². The number of aromatic nitrogens is 1. The smallest absolute Gasteiger partial charge is 0.258 e. The largest absolute Gasteiger partial charge is 0.482 e. The van der Waals surface area contributed by atoms with Crippen LogP contribution >= 0.6 is 23.2 Å². The maximum atomic E-state index is 12.1. The summed E-state index contributed by atoms with van der Waals surface area (Å²) in [5, 5.41) is 5.09. The Morgan fingerprint density at radius 1 is 1.11 bits per heavy atom. The molecule has 4 nitrogen and oxygen atoms in total. The molecule has 0 bridgehead atoms. The van der Waals surface area contributed by atoms with Crippen molar-refractivity contribution in [2.45, 2.75) is 32.2 Å². The Morgan fingerprint density at radius 2 is 1.96 bits per heavy atom. The van der Waals surface area contributed by atoms with Crippen molar-refractivity contribution in [2.75, 3.05) is 6.61 Å². The fourth-order valence-corrected chi connectivity index (χ4v) is 4.01. The predicted molar refractivity (Wildman–Crippen MR) is 109 cm³/mol. The van der Waals surface area contributed by atoms with Crippen LogP contribution in [0.4, 0.5) is 0 Å². The molecule has 1 heterocycles. The van der Waals surface area contributed by atoms with Crippen molar-refractivity contribution in [1.29, 1.82) is 0 Å². The number of benzene rings is 2. The highest BCUT2D eigenvalue weighted by molar-refractivity contribution is 6.35. The Kier molecular flexibility index (Phi) is 5.28. The SMILES string of the molecule is O=C(COc1ccc(Cl)cc1Cl)NCc1ccc2[nH]c3c(c2c1)CCCC3. The molecule has 1 amide bonds. The summed E-state index contributed by atoms with van der Waals surface area (Å²) in [6.07, 6.45) is 4.74. The van der Waals surface area contributed by atoms with Crippen LogP contribution in [0, 0.1) is 0 Å². The number of carbonyl (C=O) groups is 1. The van der Waals surface area contributed by atoms with Gasteiger partial charge in [0.05, 0.1) is 5.02 Å². The lowest BCUT2D eigenvalue weighted by Gasteiger charge is -2.11. The van der Waals surface area contributed by atoms with Gasteiger partial charge < -0.3 is 15.0 Å². The van der Waals surface area contributed by atoms with E-state index in [0.717, 1.165) is 18.4 Å². The Balaban J connectivity index is 1.37. The van der Waals surface area contributed by atoms with Crippen LogP contribution in [0.3, 0.4) is 0 Å². The predicted octanol–water partition coefficient (Wildman–Crippen LogP) is 5.05. The molecule has 1 aliphatic rings. The first kappa shape index (κ1) is 18.2. The zero-order valence-corrected chi connectivity index (χ0v) is 16.3. The van der Waals surface area contributed by atoms with Crippen LogP contribution in [0.5, 0.6) is 5.75 Å². The van der Waals surface area contributed by atoms with E-state index in [1.165, 1.54) is 35.0 Å². The third kappa shape index (κ3) is 4.07. The first-order chi connectivity index (χ1) is 13.1. The van der Waals surface area contributed by atoms with E-state index in [4.69, 9.17) is 27.9 Å². The number of aryl methyl sites for hydroxylation is 2. The molecule has 0 atom stereocenters. The molecule has 1 aliphatic carbocycles. The summed E-state index contributed by atoms with van der Waals surface area (Å²) >= 11 is 11.9. The molecule has 0 spiro atoms. The highest BCUT2D eigenvalue weighted by Gasteiger charge is 2.15. The van der Waals surface area contributed by atoms with E-state index >= 15 is 0 Å². The van der Waals surface area contributed by atoms with E-state index in [1.807, 2.05) is 6.07 Å². The summed E-state index contributed by atoms with van der Waals surface area (Å²) in [4.78, 5) is 15.6. The molecule has 0 radical (unpaired) electrons. The van der Waals surface area contributed by atoms with E-state index in [1.54, 1.807) is 18.2 Å². The van der Waals surface area contributed by atoms with E-state index in [2.05, 4.69) is 22.4 Å². The minimum absolute atomic E-state index is 0.0941. The molecule has 2 N–H and O–H groups in total. The zero-order valence-electron chi connectivity index (χ0n) is 14.8. The molecule has 0 saturated heterocycles. The Morgan fingerprint density at radius 3 is 2.81 bits per heavy atom. The van der Waals surface area contributed by atoms with Gasteiger partial charge in [0.2, 0.25) is 0 Å². The Bertz CT molecular complexity index is 997. The minimum atomic E-state index is -0.197. The molecule has 1 aromatic heterocycles. The van der Waals surface area contributed by atoms with E-state index in [-0.39, 0.29) is 12.5 Å². The molecular weight excluding hydrogens is 383 g/mol. The molecule has 3 aromatic rings. The van der Waals surface area contributed by atoms with Crippen molar-refractivity contribution in [3.63, 3.8) is 0 Å². The van der Waals surface area contributed by atoms with Gasteiger partial charge in [0.1, 0.15) is 5.75 Å². The van der Waals surface area contributed by atoms with Crippen LogP contribution in [0.1, 0.15) is 29.7 Å². The fraction of sp³-hybridized carbons (Fsp3) is 0.286. The quantitative estimate of drug-likeness (QED) is 0.627. The highest BCUT2D eigenvalue weighted by Crippen LogP contribution is 2.30. The van der Waals surface area contributed by atoms with Crippen LogP contribution < -0.4 is 10.1 Å². The van der Waals surface area contributed by atoms with Gasteiger partial charge in [-0.05, 0) is 67.1 Å². The molecule has 27 heavy (non-hydrogen) atoms. The van der Waals surface area contributed by atoms with Crippen molar-refractivity contribution in [2.24, 2.45) is 0 Å². The average molecular weight is 403 g/mol. The van der Waals surface area contributed by atoms with Gasteiger partial charge in [-0.25, -0.2) is 0 Å². The second-order valence-electron chi connectivity index (χ2n) is 6.81. The molecule has 2 aromatic carbocycles. The molecule has 0 unspecified atom stereocenters. The molecule has 0 aliphatic heterocycles. The van der Waals surface area contributed by atoms with Gasteiger partial charge in [-0.3, -0.25) is 4.79 Å². The minimum Gasteiger partial charge on any atom is -0.482 e. The number of aromatic amines is 1. The standard InChI is InChI=1S/C21H20Cl2N2O2/c22-14-6-8-20(17(23)10-14)27-12-21(26)24-11-13-5-7-19-16(9-13)15-3-1-2-4-18(15)25-19/h5-10,25H,1-4,11-12H2,(H,24,26). The summed E-state index contributed by atoms with van der Waals surface area (Å²) < 4.78 is 5.47. The van der Waals surface area contributed by atoms with Crippen LogP contribution in [0.2, 0.25) is 10.0 Å². The van der Waals surface area contributed by atoms with Gasteiger partial charge in [-0.15, -0.1) is 0 Å². The molecule has 0 saturated carbocycles. The maximum Gasteiger partial charge on any atom is 0.258 e.